The molecule has 2 rings (SSSR count). The minimum absolute atomic E-state index is 0.000369. The first kappa shape index (κ1) is 10.1. The van der Waals surface area contributed by atoms with Gasteiger partial charge in [0.25, 0.3) is 0 Å². The van der Waals surface area contributed by atoms with Gasteiger partial charge in [-0.2, -0.15) is 0 Å². The third-order valence-corrected chi connectivity index (χ3v) is 2.70. The average molecular weight is 208 g/mol. The van der Waals surface area contributed by atoms with Gasteiger partial charge in [0.05, 0.1) is 5.92 Å². The first-order valence-electron chi connectivity index (χ1n) is 4.88. The molecule has 0 aliphatic heterocycles. The summed E-state index contributed by atoms with van der Waals surface area (Å²) < 4.78 is 12.7. The van der Waals surface area contributed by atoms with Crippen LogP contribution in [0.2, 0.25) is 0 Å². The Morgan fingerprint density at radius 3 is 2.47 bits per heavy atom. The zero-order valence-corrected chi connectivity index (χ0v) is 8.48. The molecule has 2 atom stereocenters. The highest BCUT2D eigenvalue weighted by molar-refractivity contribution is 5.96. The van der Waals surface area contributed by atoms with Crippen LogP contribution < -0.4 is 10.6 Å². The molecule has 1 aromatic carbocycles. The maximum Gasteiger partial charge on any atom is 0.231 e. The first-order valence-corrected chi connectivity index (χ1v) is 4.88. The molecule has 1 fully saturated rings. The van der Waals surface area contributed by atoms with Gasteiger partial charge in [0.2, 0.25) is 5.91 Å². The zero-order valence-electron chi connectivity index (χ0n) is 8.48. The van der Waals surface area contributed by atoms with Gasteiger partial charge in [-0.1, -0.05) is 0 Å². The number of carbonyl (C=O) groups excluding carboxylic acids is 1. The van der Waals surface area contributed by atoms with Crippen LogP contribution in [-0.2, 0) is 4.79 Å². The predicted molar refractivity (Wildman–Crippen MR) is 55.9 cm³/mol. The molecular formula is C11H13FN2O. The van der Waals surface area contributed by atoms with Crippen LogP contribution in [0.15, 0.2) is 24.3 Å². The summed E-state index contributed by atoms with van der Waals surface area (Å²) in [5.74, 6) is -0.350. The highest BCUT2D eigenvalue weighted by atomic mass is 19.1. The van der Waals surface area contributed by atoms with E-state index in [1.807, 2.05) is 0 Å². The molecule has 0 radical (unpaired) electrons. The number of anilines is 1. The van der Waals surface area contributed by atoms with Crippen LogP contribution in [0.25, 0.3) is 0 Å². The molecule has 15 heavy (non-hydrogen) atoms. The second-order valence-corrected chi connectivity index (χ2v) is 3.88. The molecule has 80 valence electrons. The van der Waals surface area contributed by atoms with Crippen molar-refractivity contribution in [3.63, 3.8) is 0 Å². The fraction of sp³-hybridized carbons (Fsp3) is 0.364. The fourth-order valence-electron chi connectivity index (χ4n) is 1.54. The van der Waals surface area contributed by atoms with Gasteiger partial charge in [-0.05, 0) is 30.7 Å². The van der Waals surface area contributed by atoms with Gasteiger partial charge in [0.1, 0.15) is 5.82 Å². The second kappa shape index (κ2) is 3.62. The molecule has 0 saturated heterocycles. The number of hydrogen-bond donors (Lipinski definition) is 1. The lowest BCUT2D eigenvalue weighted by Crippen LogP contribution is -2.29. The van der Waals surface area contributed by atoms with Crippen LogP contribution in [0, 0.1) is 11.7 Å². The van der Waals surface area contributed by atoms with Crippen molar-refractivity contribution in [3.8, 4) is 0 Å². The van der Waals surface area contributed by atoms with Crippen LogP contribution in [0.5, 0.6) is 0 Å². The van der Waals surface area contributed by atoms with Gasteiger partial charge in [-0.15, -0.1) is 0 Å². The number of nitrogens with two attached hydrogens (primary N) is 1. The van der Waals surface area contributed by atoms with E-state index in [1.54, 1.807) is 19.2 Å². The Hall–Kier alpha value is -1.42. The van der Waals surface area contributed by atoms with Crippen LogP contribution in [0.1, 0.15) is 6.42 Å². The molecular weight excluding hydrogens is 195 g/mol. The Kier molecular flexibility index (Phi) is 2.44. The van der Waals surface area contributed by atoms with Crippen molar-refractivity contribution in [1.82, 2.24) is 0 Å². The van der Waals surface area contributed by atoms with Crippen molar-refractivity contribution < 1.29 is 9.18 Å². The zero-order chi connectivity index (χ0) is 11.0. The van der Waals surface area contributed by atoms with Crippen LogP contribution in [0.4, 0.5) is 10.1 Å². The minimum Gasteiger partial charge on any atom is -0.327 e. The second-order valence-electron chi connectivity index (χ2n) is 3.88. The van der Waals surface area contributed by atoms with E-state index in [0.29, 0.717) is 5.69 Å². The SMILES string of the molecule is CN(C(=O)C1CC1N)c1ccc(F)cc1. The highest BCUT2D eigenvalue weighted by Crippen LogP contribution is 2.31. The topological polar surface area (TPSA) is 46.3 Å². The lowest BCUT2D eigenvalue weighted by Gasteiger charge is -2.17. The number of hydrogen-bond acceptors (Lipinski definition) is 2. The van der Waals surface area contributed by atoms with Gasteiger partial charge in [-0.25, -0.2) is 4.39 Å². The maximum atomic E-state index is 12.7. The average Bonchev–Trinajstić information content (AvgIpc) is 2.94. The van der Waals surface area contributed by atoms with E-state index in [4.69, 9.17) is 5.73 Å². The molecule has 3 nitrogen and oxygen atoms in total. The summed E-state index contributed by atoms with van der Waals surface area (Å²) in [6.07, 6.45) is 0.754. The van der Waals surface area contributed by atoms with Crippen molar-refractivity contribution in [2.75, 3.05) is 11.9 Å². The summed E-state index contributed by atoms with van der Waals surface area (Å²) in [5.41, 5.74) is 6.29. The molecule has 0 bridgehead atoms. The van der Waals surface area contributed by atoms with Gasteiger partial charge < -0.3 is 10.6 Å². The monoisotopic (exact) mass is 208 g/mol. The molecule has 2 unspecified atom stereocenters. The highest BCUT2D eigenvalue weighted by Gasteiger charge is 2.41. The third-order valence-electron chi connectivity index (χ3n) is 2.70. The molecule has 1 aliphatic rings. The van der Waals surface area contributed by atoms with Crippen LogP contribution >= 0.6 is 0 Å². The molecule has 4 heteroatoms. The molecule has 2 N–H and O–H groups in total. The van der Waals surface area contributed by atoms with Crippen molar-refractivity contribution in [2.24, 2.45) is 11.7 Å². The molecule has 1 saturated carbocycles. The van der Waals surface area contributed by atoms with E-state index in [9.17, 15) is 9.18 Å². The van der Waals surface area contributed by atoms with Crippen molar-refractivity contribution in [3.05, 3.63) is 30.1 Å². The van der Waals surface area contributed by atoms with Crippen LogP contribution in [0.3, 0.4) is 0 Å². The number of benzene rings is 1. The van der Waals surface area contributed by atoms with Crippen molar-refractivity contribution >= 4 is 11.6 Å². The number of nitrogens with zero attached hydrogens (tertiary/aromatic N) is 1. The van der Waals surface area contributed by atoms with Gasteiger partial charge >= 0.3 is 0 Å². The van der Waals surface area contributed by atoms with Gasteiger partial charge in [0, 0.05) is 18.8 Å². The Morgan fingerprint density at radius 1 is 1.47 bits per heavy atom. The number of carbonyl (C=O) groups is 1. The quantitative estimate of drug-likeness (QED) is 0.792. The summed E-state index contributed by atoms with van der Waals surface area (Å²) in [6.45, 7) is 0. The van der Waals surface area contributed by atoms with E-state index >= 15 is 0 Å². The maximum absolute atomic E-state index is 12.7. The first-order chi connectivity index (χ1) is 7.09. The smallest absolute Gasteiger partial charge is 0.231 e. The lowest BCUT2D eigenvalue weighted by molar-refractivity contribution is -0.119. The van der Waals surface area contributed by atoms with Gasteiger partial charge in [-0.3, -0.25) is 4.79 Å². The number of halogens is 1. The normalized spacial score (nSPS) is 23.7. The molecule has 0 heterocycles. The Balaban J connectivity index is 2.10. The summed E-state index contributed by atoms with van der Waals surface area (Å²) >= 11 is 0. The predicted octanol–water partition coefficient (Wildman–Crippen LogP) is 1.14. The lowest BCUT2D eigenvalue weighted by atomic mass is 10.2. The van der Waals surface area contributed by atoms with E-state index in [-0.39, 0.29) is 23.7 Å². The van der Waals surface area contributed by atoms with E-state index in [0.717, 1.165) is 6.42 Å². The number of rotatable bonds is 2. The van der Waals surface area contributed by atoms with Crippen LogP contribution in [-0.4, -0.2) is 19.0 Å². The standard InChI is InChI=1S/C11H13FN2O/c1-14(11(15)9-6-10(9)13)8-4-2-7(12)3-5-8/h2-5,9-10H,6,13H2,1H3. The summed E-state index contributed by atoms with van der Waals surface area (Å²) in [5, 5.41) is 0. The summed E-state index contributed by atoms with van der Waals surface area (Å²) in [4.78, 5) is 13.3. The van der Waals surface area contributed by atoms with Crippen molar-refractivity contribution in [1.29, 1.82) is 0 Å². The number of amides is 1. The Labute approximate surface area is 87.7 Å². The summed E-state index contributed by atoms with van der Waals surface area (Å²) in [7, 11) is 1.68. The fourth-order valence-corrected chi connectivity index (χ4v) is 1.54. The van der Waals surface area contributed by atoms with E-state index < -0.39 is 0 Å². The Morgan fingerprint density at radius 2 is 2.00 bits per heavy atom. The molecule has 0 aromatic heterocycles. The van der Waals surface area contributed by atoms with E-state index in [2.05, 4.69) is 0 Å². The molecule has 0 spiro atoms. The Bertz CT molecular complexity index is 377. The van der Waals surface area contributed by atoms with Crippen molar-refractivity contribution in [2.45, 2.75) is 12.5 Å². The summed E-state index contributed by atoms with van der Waals surface area (Å²) in [6, 6.07) is 5.85. The largest absolute Gasteiger partial charge is 0.327 e. The van der Waals surface area contributed by atoms with Gasteiger partial charge in [0.15, 0.2) is 0 Å². The molecule has 1 amide bonds. The minimum atomic E-state index is -0.303. The molecule has 1 aliphatic carbocycles. The molecule has 1 aromatic rings. The van der Waals surface area contributed by atoms with E-state index in [1.165, 1.54) is 17.0 Å². The third kappa shape index (κ3) is 1.99.